The fourth-order valence-electron chi connectivity index (χ4n) is 7.36. The van der Waals surface area contributed by atoms with Crippen molar-refractivity contribution in [3.8, 4) is 45.8 Å². The molecule has 0 radical (unpaired) electrons. The summed E-state index contributed by atoms with van der Waals surface area (Å²) in [7, 11) is 0. The van der Waals surface area contributed by atoms with Crippen molar-refractivity contribution < 1.29 is 0 Å². The van der Waals surface area contributed by atoms with Gasteiger partial charge in [-0.05, 0) is 82.7 Å². The number of fused-ring (bicyclic) bond motifs is 6. The Morgan fingerprint density at radius 3 is 1.86 bits per heavy atom. The summed E-state index contributed by atoms with van der Waals surface area (Å²) in [5, 5.41) is 23.7. The number of rotatable bonds is 4. The fourth-order valence-corrected chi connectivity index (χ4v) is 7.36. The van der Waals surface area contributed by atoms with E-state index in [1.165, 1.54) is 0 Å². The molecule has 0 spiro atoms. The Labute approximate surface area is 288 Å². The van der Waals surface area contributed by atoms with Gasteiger partial charge in [0.15, 0.2) is 0 Å². The maximum absolute atomic E-state index is 9.90. The first-order valence-electron chi connectivity index (χ1n) is 16.3. The van der Waals surface area contributed by atoms with Crippen LogP contribution in [0.15, 0.2) is 152 Å². The summed E-state index contributed by atoms with van der Waals surface area (Å²) in [5.41, 5.74) is 11.8. The molecule has 0 N–H and O–H groups in total. The molecule has 0 aliphatic rings. The zero-order chi connectivity index (χ0) is 33.8. The Morgan fingerprint density at radius 1 is 0.480 bits per heavy atom. The molecular weight excluding hydrogens is 611 g/mol. The summed E-state index contributed by atoms with van der Waals surface area (Å²) in [4.78, 5) is 3.89. The number of aromatic nitrogens is 2. The van der Waals surface area contributed by atoms with E-state index in [-0.39, 0.29) is 0 Å². The number of hydrogen-bond acceptors (Lipinski definition) is 2. The maximum atomic E-state index is 9.90. The minimum atomic E-state index is 0.569. The highest BCUT2D eigenvalue weighted by molar-refractivity contribution is 6.14. The van der Waals surface area contributed by atoms with Crippen molar-refractivity contribution in [2.75, 3.05) is 0 Å². The van der Waals surface area contributed by atoms with Crippen LogP contribution >= 0.6 is 0 Å². The lowest BCUT2D eigenvalue weighted by atomic mass is 9.97. The van der Waals surface area contributed by atoms with E-state index in [0.717, 1.165) is 77.2 Å². The lowest BCUT2D eigenvalue weighted by molar-refractivity contribution is 1.18. The molecular formula is C45H25N5. The van der Waals surface area contributed by atoms with E-state index < -0.39 is 0 Å². The summed E-state index contributed by atoms with van der Waals surface area (Å²) in [6, 6.07) is 55.6. The zero-order valence-corrected chi connectivity index (χ0v) is 26.7. The second-order valence-electron chi connectivity index (χ2n) is 12.3. The molecule has 0 saturated heterocycles. The lowest BCUT2D eigenvalue weighted by Crippen LogP contribution is -1.98. The van der Waals surface area contributed by atoms with Crippen molar-refractivity contribution >= 4 is 49.3 Å². The standard InChI is InChI=1S/C45H25N5/c1-48-40-13-7-12-37-35-10-2-5-15-42(35)50(45(37)40)43-22-16-29(27-46)24-38(43)32-20-18-31(19-21-32)33-8-6-9-34(26-33)49-41-14-4-3-11-36(41)39-25-30(28-47)17-23-44(39)49/h2-26H. The topological polar surface area (TPSA) is 61.8 Å². The molecule has 2 aromatic heterocycles. The molecule has 9 rings (SSSR count). The number of benzene rings is 7. The van der Waals surface area contributed by atoms with Crippen LogP contribution in [0.2, 0.25) is 0 Å². The highest BCUT2D eigenvalue weighted by Crippen LogP contribution is 2.41. The van der Waals surface area contributed by atoms with Crippen molar-refractivity contribution in [1.29, 1.82) is 10.5 Å². The van der Waals surface area contributed by atoms with Crippen molar-refractivity contribution in [2.45, 2.75) is 0 Å². The first-order valence-corrected chi connectivity index (χ1v) is 16.3. The summed E-state index contributed by atoms with van der Waals surface area (Å²) in [6.07, 6.45) is 0. The molecule has 0 aliphatic heterocycles. The Morgan fingerprint density at radius 2 is 1.10 bits per heavy atom. The molecule has 230 valence electrons. The van der Waals surface area contributed by atoms with Crippen LogP contribution in [0.25, 0.3) is 82.1 Å². The molecule has 0 unspecified atom stereocenters. The monoisotopic (exact) mass is 635 g/mol. The second-order valence-corrected chi connectivity index (χ2v) is 12.3. The van der Waals surface area contributed by atoms with Crippen molar-refractivity contribution in [3.05, 3.63) is 174 Å². The van der Waals surface area contributed by atoms with Crippen LogP contribution in [0.4, 0.5) is 5.69 Å². The van der Waals surface area contributed by atoms with Gasteiger partial charge in [-0.2, -0.15) is 10.5 Å². The molecule has 5 nitrogen and oxygen atoms in total. The molecule has 0 atom stereocenters. The third-order valence-corrected chi connectivity index (χ3v) is 9.60. The smallest absolute Gasteiger partial charge is 0.211 e. The van der Waals surface area contributed by atoms with Gasteiger partial charge in [0.05, 0.1) is 57.6 Å². The van der Waals surface area contributed by atoms with Crippen LogP contribution < -0.4 is 0 Å². The molecule has 9 aromatic rings. The summed E-state index contributed by atoms with van der Waals surface area (Å²) in [5.74, 6) is 0. The predicted molar refractivity (Wildman–Crippen MR) is 202 cm³/mol. The molecule has 7 aromatic carbocycles. The van der Waals surface area contributed by atoms with Gasteiger partial charge in [-0.3, -0.25) is 0 Å². The molecule has 50 heavy (non-hydrogen) atoms. The first-order chi connectivity index (χ1) is 24.7. The summed E-state index contributed by atoms with van der Waals surface area (Å²) in [6.45, 7) is 7.96. The normalized spacial score (nSPS) is 11.1. The Kier molecular flexibility index (Phi) is 6.56. The van der Waals surface area contributed by atoms with Gasteiger partial charge in [0.25, 0.3) is 0 Å². The minimum absolute atomic E-state index is 0.569. The lowest BCUT2D eigenvalue weighted by Gasteiger charge is -2.16. The number of para-hydroxylation sites is 3. The Hall–Kier alpha value is -7.39. The summed E-state index contributed by atoms with van der Waals surface area (Å²) < 4.78 is 4.42. The zero-order valence-electron chi connectivity index (χ0n) is 26.7. The van der Waals surface area contributed by atoms with Gasteiger partial charge < -0.3 is 9.13 Å². The van der Waals surface area contributed by atoms with Gasteiger partial charge in [-0.25, -0.2) is 4.85 Å². The molecule has 0 amide bonds. The predicted octanol–water partition coefficient (Wildman–Crippen LogP) is 11.5. The molecule has 0 fully saturated rings. The van der Waals surface area contributed by atoms with Crippen LogP contribution in [-0.2, 0) is 0 Å². The quantitative estimate of drug-likeness (QED) is 0.181. The third-order valence-electron chi connectivity index (χ3n) is 9.60. The molecule has 5 heteroatoms. The third kappa shape index (κ3) is 4.38. The van der Waals surface area contributed by atoms with Gasteiger partial charge in [-0.1, -0.05) is 91.0 Å². The Balaban J connectivity index is 1.18. The van der Waals surface area contributed by atoms with Gasteiger partial charge in [-0.15, -0.1) is 0 Å². The highest BCUT2D eigenvalue weighted by atomic mass is 15.0. The maximum Gasteiger partial charge on any atom is 0.211 e. The van der Waals surface area contributed by atoms with Crippen LogP contribution in [0.5, 0.6) is 0 Å². The second kappa shape index (κ2) is 11.4. The highest BCUT2D eigenvalue weighted by Gasteiger charge is 2.19. The average molecular weight is 636 g/mol. The average Bonchev–Trinajstić information content (AvgIpc) is 3.70. The number of nitriles is 2. The van der Waals surface area contributed by atoms with Crippen LogP contribution in [0, 0.1) is 29.2 Å². The van der Waals surface area contributed by atoms with E-state index in [1.54, 1.807) is 0 Å². The van der Waals surface area contributed by atoms with Crippen LogP contribution in [0.1, 0.15) is 11.1 Å². The van der Waals surface area contributed by atoms with Crippen LogP contribution in [-0.4, -0.2) is 9.13 Å². The van der Waals surface area contributed by atoms with E-state index in [2.05, 4.69) is 105 Å². The van der Waals surface area contributed by atoms with Crippen molar-refractivity contribution in [3.63, 3.8) is 0 Å². The Bertz CT molecular complexity index is 2960. The molecule has 2 heterocycles. The van der Waals surface area contributed by atoms with Gasteiger partial charge in [0.1, 0.15) is 0 Å². The number of hydrogen-bond donors (Lipinski definition) is 0. The largest absolute Gasteiger partial charge is 0.318 e. The molecule has 0 saturated carbocycles. The van der Waals surface area contributed by atoms with E-state index >= 15 is 0 Å². The van der Waals surface area contributed by atoms with Gasteiger partial charge >= 0.3 is 0 Å². The SMILES string of the molecule is [C-]#[N+]c1cccc2c3ccccc3n(-c3ccc(C#N)cc3-c3ccc(-c4cccc(-n5c6ccccc6c6cc(C#N)ccc65)c4)cc3)c12. The van der Waals surface area contributed by atoms with Gasteiger partial charge in [0, 0.05) is 27.4 Å². The van der Waals surface area contributed by atoms with Crippen molar-refractivity contribution in [1.82, 2.24) is 9.13 Å². The minimum Gasteiger partial charge on any atom is -0.318 e. The fraction of sp³-hybridized carbons (Fsp3) is 0. The van der Waals surface area contributed by atoms with E-state index in [0.29, 0.717) is 16.8 Å². The van der Waals surface area contributed by atoms with E-state index in [1.807, 2.05) is 72.8 Å². The summed E-state index contributed by atoms with van der Waals surface area (Å²) >= 11 is 0. The number of nitrogens with zero attached hydrogens (tertiary/aromatic N) is 5. The molecule has 0 aliphatic carbocycles. The first kappa shape index (κ1) is 28.8. The van der Waals surface area contributed by atoms with E-state index in [4.69, 9.17) is 6.57 Å². The van der Waals surface area contributed by atoms with Gasteiger partial charge in [0.2, 0.25) is 5.69 Å². The van der Waals surface area contributed by atoms with E-state index in [9.17, 15) is 10.5 Å². The van der Waals surface area contributed by atoms with Crippen LogP contribution in [0.3, 0.4) is 0 Å². The van der Waals surface area contributed by atoms with Crippen molar-refractivity contribution in [2.24, 2.45) is 0 Å². The molecule has 0 bridgehead atoms.